The van der Waals surface area contributed by atoms with Crippen LogP contribution in [0.25, 0.3) is 0 Å². The Morgan fingerprint density at radius 1 is 1.26 bits per heavy atom. The number of carbonyl (C=O) groups excluding carboxylic acids is 1. The lowest BCUT2D eigenvalue weighted by Gasteiger charge is -2.21. The first-order valence-electron chi connectivity index (χ1n) is 6.58. The molecule has 3 nitrogen and oxygen atoms in total. The topological polar surface area (TPSA) is 41.1 Å². The quantitative estimate of drug-likeness (QED) is 0.860. The lowest BCUT2D eigenvalue weighted by Crippen LogP contribution is -2.41. The van der Waals surface area contributed by atoms with E-state index in [1.807, 2.05) is 27.7 Å². The van der Waals surface area contributed by atoms with Crippen LogP contribution < -0.4 is 10.6 Å². The highest BCUT2D eigenvalue weighted by Gasteiger charge is 2.13. The number of hydrogen-bond donors (Lipinski definition) is 2. The summed E-state index contributed by atoms with van der Waals surface area (Å²) in [4.78, 5) is 11.6. The highest BCUT2D eigenvalue weighted by Crippen LogP contribution is 2.12. The molecule has 19 heavy (non-hydrogen) atoms. The zero-order chi connectivity index (χ0) is 14.5. The molecule has 0 aliphatic carbocycles. The molecule has 0 spiro atoms. The molecule has 4 heteroatoms. The fourth-order valence-electron chi connectivity index (χ4n) is 1.75. The fraction of sp³-hybridized carbons (Fsp3) is 0.533. The third-order valence-corrected chi connectivity index (χ3v) is 2.69. The molecule has 0 radical (unpaired) electrons. The molecule has 0 saturated heterocycles. The van der Waals surface area contributed by atoms with Gasteiger partial charge in [0.05, 0.1) is 0 Å². The second kappa shape index (κ2) is 6.66. The van der Waals surface area contributed by atoms with E-state index in [1.54, 1.807) is 12.1 Å². The predicted molar refractivity (Wildman–Crippen MR) is 75.3 cm³/mol. The Morgan fingerprint density at radius 2 is 1.84 bits per heavy atom. The van der Waals surface area contributed by atoms with E-state index in [0.717, 1.165) is 5.56 Å². The second-order valence-corrected chi connectivity index (χ2v) is 5.78. The van der Waals surface area contributed by atoms with Gasteiger partial charge in [-0.3, -0.25) is 4.79 Å². The van der Waals surface area contributed by atoms with E-state index in [0.29, 0.717) is 13.0 Å². The number of amides is 1. The SMILES string of the molecule is CC(NCCC(=O)NC(C)(C)C)c1ccc(F)cc1. The van der Waals surface area contributed by atoms with Crippen LogP contribution in [-0.2, 0) is 4.79 Å². The van der Waals surface area contributed by atoms with Crippen LogP contribution >= 0.6 is 0 Å². The lowest BCUT2D eigenvalue weighted by molar-refractivity contribution is -0.122. The smallest absolute Gasteiger partial charge is 0.221 e. The van der Waals surface area contributed by atoms with Crippen molar-refractivity contribution in [3.05, 3.63) is 35.6 Å². The second-order valence-electron chi connectivity index (χ2n) is 5.78. The van der Waals surface area contributed by atoms with Gasteiger partial charge in [0.25, 0.3) is 0 Å². The van der Waals surface area contributed by atoms with Gasteiger partial charge >= 0.3 is 0 Å². The summed E-state index contributed by atoms with van der Waals surface area (Å²) in [7, 11) is 0. The summed E-state index contributed by atoms with van der Waals surface area (Å²) in [6, 6.07) is 6.49. The Bertz CT molecular complexity index is 409. The normalized spacial score (nSPS) is 13.1. The molecule has 1 aromatic carbocycles. The van der Waals surface area contributed by atoms with Gasteiger partial charge in [0, 0.05) is 24.5 Å². The molecular weight excluding hydrogens is 243 g/mol. The molecule has 1 atom stereocenters. The van der Waals surface area contributed by atoms with Gasteiger partial charge in [0.1, 0.15) is 5.82 Å². The Kier molecular flexibility index (Phi) is 5.48. The summed E-state index contributed by atoms with van der Waals surface area (Å²) in [5.41, 5.74) is 0.817. The van der Waals surface area contributed by atoms with Crippen molar-refractivity contribution in [2.24, 2.45) is 0 Å². The molecular formula is C15H23FN2O. The van der Waals surface area contributed by atoms with Crippen molar-refractivity contribution in [3.63, 3.8) is 0 Å². The Labute approximate surface area is 114 Å². The van der Waals surface area contributed by atoms with Gasteiger partial charge in [-0.15, -0.1) is 0 Å². The molecule has 1 amide bonds. The average Bonchev–Trinajstić information content (AvgIpc) is 2.27. The van der Waals surface area contributed by atoms with Crippen molar-refractivity contribution >= 4 is 5.91 Å². The first-order chi connectivity index (χ1) is 8.78. The monoisotopic (exact) mass is 266 g/mol. The molecule has 0 bridgehead atoms. The molecule has 106 valence electrons. The highest BCUT2D eigenvalue weighted by molar-refractivity contribution is 5.76. The van der Waals surface area contributed by atoms with Crippen molar-refractivity contribution in [1.29, 1.82) is 0 Å². The van der Waals surface area contributed by atoms with Crippen molar-refractivity contribution in [2.45, 2.75) is 45.7 Å². The molecule has 0 fully saturated rings. The number of halogens is 1. The first-order valence-corrected chi connectivity index (χ1v) is 6.58. The van der Waals surface area contributed by atoms with Crippen LogP contribution in [0.1, 0.15) is 45.7 Å². The van der Waals surface area contributed by atoms with Crippen LogP contribution in [0.15, 0.2) is 24.3 Å². The van der Waals surface area contributed by atoms with E-state index in [-0.39, 0.29) is 23.3 Å². The van der Waals surface area contributed by atoms with Crippen molar-refractivity contribution < 1.29 is 9.18 Å². The van der Waals surface area contributed by atoms with Gasteiger partial charge in [-0.1, -0.05) is 12.1 Å². The van der Waals surface area contributed by atoms with Gasteiger partial charge in [-0.25, -0.2) is 4.39 Å². The third-order valence-electron chi connectivity index (χ3n) is 2.69. The third kappa shape index (κ3) is 6.34. The van der Waals surface area contributed by atoms with Crippen LogP contribution in [0.2, 0.25) is 0 Å². The van der Waals surface area contributed by atoms with Crippen molar-refractivity contribution in [2.75, 3.05) is 6.54 Å². The maximum absolute atomic E-state index is 12.8. The van der Waals surface area contributed by atoms with Crippen LogP contribution in [0.5, 0.6) is 0 Å². The molecule has 2 N–H and O–H groups in total. The molecule has 0 heterocycles. The molecule has 0 aliphatic heterocycles. The van der Waals surface area contributed by atoms with Gasteiger partial charge < -0.3 is 10.6 Å². The van der Waals surface area contributed by atoms with E-state index in [1.165, 1.54) is 12.1 Å². The summed E-state index contributed by atoms with van der Waals surface area (Å²) < 4.78 is 12.8. The van der Waals surface area contributed by atoms with Gasteiger partial charge in [-0.05, 0) is 45.4 Å². The maximum Gasteiger partial charge on any atom is 0.221 e. The largest absolute Gasteiger partial charge is 0.351 e. The molecule has 1 rings (SSSR count). The lowest BCUT2D eigenvalue weighted by atomic mass is 10.1. The number of hydrogen-bond acceptors (Lipinski definition) is 2. The molecule has 0 saturated carbocycles. The fourth-order valence-corrected chi connectivity index (χ4v) is 1.75. The molecule has 1 aromatic rings. The van der Waals surface area contributed by atoms with E-state index in [2.05, 4.69) is 10.6 Å². The minimum absolute atomic E-state index is 0.0336. The molecule has 1 unspecified atom stereocenters. The summed E-state index contributed by atoms with van der Waals surface area (Å²) in [5, 5.41) is 6.16. The van der Waals surface area contributed by atoms with Gasteiger partial charge in [0.15, 0.2) is 0 Å². The molecule has 0 aromatic heterocycles. The predicted octanol–water partition coefficient (Wildman–Crippen LogP) is 2.78. The van der Waals surface area contributed by atoms with E-state index < -0.39 is 0 Å². The molecule has 0 aliphatic rings. The number of carbonyl (C=O) groups is 1. The van der Waals surface area contributed by atoms with E-state index >= 15 is 0 Å². The number of rotatable bonds is 5. The van der Waals surface area contributed by atoms with Gasteiger partial charge in [-0.2, -0.15) is 0 Å². The average molecular weight is 266 g/mol. The summed E-state index contributed by atoms with van der Waals surface area (Å²) >= 11 is 0. The van der Waals surface area contributed by atoms with E-state index in [4.69, 9.17) is 0 Å². The number of benzene rings is 1. The van der Waals surface area contributed by atoms with E-state index in [9.17, 15) is 9.18 Å². The summed E-state index contributed by atoms with van der Waals surface area (Å²) in [5.74, 6) is -0.202. The standard InChI is InChI=1S/C15H23FN2O/c1-11(12-5-7-13(16)8-6-12)17-10-9-14(19)18-15(2,3)4/h5-8,11,17H,9-10H2,1-4H3,(H,18,19). The zero-order valence-electron chi connectivity index (χ0n) is 12.1. The highest BCUT2D eigenvalue weighted by atomic mass is 19.1. The Balaban J connectivity index is 2.33. The van der Waals surface area contributed by atoms with Crippen LogP contribution in [-0.4, -0.2) is 18.0 Å². The van der Waals surface area contributed by atoms with Crippen molar-refractivity contribution in [3.8, 4) is 0 Å². The van der Waals surface area contributed by atoms with Crippen LogP contribution in [0.3, 0.4) is 0 Å². The van der Waals surface area contributed by atoms with Crippen LogP contribution in [0, 0.1) is 5.82 Å². The minimum atomic E-state index is -0.236. The van der Waals surface area contributed by atoms with Gasteiger partial charge in [0.2, 0.25) is 5.91 Å². The maximum atomic E-state index is 12.8. The number of nitrogens with one attached hydrogen (secondary N) is 2. The van der Waals surface area contributed by atoms with Crippen molar-refractivity contribution in [1.82, 2.24) is 10.6 Å². The Morgan fingerprint density at radius 3 is 2.37 bits per heavy atom. The summed E-state index contributed by atoms with van der Waals surface area (Å²) in [6.45, 7) is 8.47. The minimum Gasteiger partial charge on any atom is -0.351 e. The van der Waals surface area contributed by atoms with Crippen LogP contribution in [0.4, 0.5) is 4.39 Å². The first kappa shape index (κ1) is 15.6. The zero-order valence-corrected chi connectivity index (χ0v) is 12.1. The Hall–Kier alpha value is -1.42. The summed E-state index contributed by atoms with van der Waals surface area (Å²) in [6.07, 6.45) is 0.433.